The Labute approximate surface area is 168 Å². The van der Waals surface area contributed by atoms with E-state index in [0.717, 1.165) is 23.5 Å². The molecule has 0 spiro atoms. The van der Waals surface area contributed by atoms with Crippen LogP contribution in [0.3, 0.4) is 0 Å². The van der Waals surface area contributed by atoms with Gasteiger partial charge in [0.05, 0.1) is 12.3 Å². The number of fused-ring (bicyclic) bond motifs is 1. The Balaban J connectivity index is 1.59. The molecule has 156 valence electrons. The van der Waals surface area contributed by atoms with Crippen molar-refractivity contribution >= 4 is 5.69 Å². The Morgan fingerprint density at radius 3 is 2.62 bits per heavy atom. The number of nitrogens with one attached hydrogen (secondary N) is 1. The standard InChI is InChI=1S/C21H25NO7/c23-10-17-18(25)19(26)20(27)21(29-17)12-2-3-15(24)13(9-12)7-11-1-4-16-14(8-11)22-5-6-28-16/h1-4,8-9,17-27H,5-7,10H2/t17-,18-,19+,20-,21+/m1/s1. The molecule has 4 rings (SSSR count). The second-order valence-corrected chi connectivity index (χ2v) is 7.42. The lowest BCUT2D eigenvalue weighted by atomic mass is 9.90. The van der Waals surface area contributed by atoms with Crippen molar-refractivity contribution in [3.63, 3.8) is 0 Å². The molecule has 2 heterocycles. The maximum absolute atomic E-state index is 10.4. The van der Waals surface area contributed by atoms with Gasteiger partial charge in [0, 0.05) is 13.0 Å². The number of aromatic hydroxyl groups is 1. The Kier molecular flexibility index (Phi) is 5.62. The van der Waals surface area contributed by atoms with Crippen LogP contribution in [0, 0.1) is 0 Å². The molecule has 2 aliphatic rings. The van der Waals surface area contributed by atoms with E-state index in [9.17, 15) is 25.5 Å². The van der Waals surface area contributed by atoms with Gasteiger partial charge in [-0.3, -0.25) is 0 Å². The minimum absolute atomic E-state index is 0.0975. The van der Waals surface area contributed by atoms with Gasteiger partial charge in [0.1, 0.15) is 48.6 Å². The average Bonchev–Trinajstić information content (AvgIpc) is 2.74. The monoisotopic (exact) mass is 403 g/mol. The predicted octanol–water partition coefficient (Wildman–Crippen LogP) is 0.302. The minimum Gasteiger partial charge on any atom is -0.508 e. The van der Waals surface area contributed by atoms with Crippen molar-refractivity contribution in [3.05, 3.63) is 53.1 Å². The molecule has 0 bridgehead atoms. The second-order valence-electron chi connectivity index (χ2n) is 7.42. The SMILES string of the molecule is OC[C@H]1O[C@@H](c2ccc(O)c(Cc3ccc4c(c3)NCCO4)c2)[C@H](O)[C@@H](O)[C@@H]1O. The minimum atomic E-state index is -1.45. The number of benzene rings is 2. The lowest BCUT2D eigenvalue weighted by molar-refractivity contribution is -0.231. The maximum Gasteiger partial charge on any atom is 0.142 e. The molecule has 0 aliphatic carbocycles. The van der Waals surface area contributed by atoms with Crippen molar-refractivity contribution in [3.8, 4) is 11.5 Å². The summed E-state index contributed by atoms with van der Waals surface area (Å²) in [7, 11) is 0. The zero-order valence-corrected chi connectivity index (χ0v) is 15.7. The average molecular weight is 403 g/mol. The molecule has 1 saturated heterocycles. The van der Waals surface area contributed by atoms with Gasteiger partial charge in [-0.05, 0) is 41.0 Å². The highest BCUT2D eigenvalue weighted by atomic mass is 16.5. The zero-order valence-electron chi connectivity index (χ0n) is 15.7. The molecule has 2 aliphatic heterocycles. The summed E-state index contributed by atoms with van der Waals surface area (Å²) in [5.41, 5.74) is 3.02. The van der Waals surface area contributed by atoms with Crippen LogP contribution in [0.15, 0.2) is 36.4 Å². The number of hydrogen-bond donors (Lipinski definition) is 6. The molecule has 6 N–H and O–H groups in total. The van der Waals surface area contributed by atoms with Gasteiger partial charge in [-0.1, -0.05) is 12.1 Å². The molecule has 29 heavy (non-hydrogen) atoms. The number of anilines is 1. The van der Waals surface area contributed by atoms with E-state index in [0.29, 0.717) is 24.2 Å². The van der Waals surface area contributed by atoms with E-state index < -0.39 is 37.1 Å². The fraction of sp³-hybridized carbons (Fsp3) is 0.429. The summed E-state index contributed by atoms with van der Waals surface area (Å²) in [5, 5.41) is 53.3. The van der Waals surface area contributed by atoms with Crippen LogP contribution in [-0.2, 0) is 11.2 Å². The normalized spacial score (nSPS) is 28.9. The first-order valence-corrected chi connectivity index (χ1v) is 9.60. The van der Waals surface area contributed by atoms with Gasteiger partial charge in [-0.15, -0.1) is 0 Å². The number of phenolic OH excluding ortho intramolecular Hbond substituents is 1. The third kappa shape index (κ3) is 3.90. The third-order valence-corrected chi connectivity index (χ3v) is 5.44. The number of rotatable bonds is 4. The van der Waals surface area contributed by atoms with E-state index in [1.165, 1.54) is 6.07 Å². The van der Waals surface area contributed by atoms with Gasteiger partial charge in [0.2, 0.25) is 0 Å². The van der Waals surface area contributed by atoms with Crippen LogP contribution in [0.2, 0.25) is 0 Å². The number of aliphatic hydroxyl groups is 4. The van der Waals surface area contributed by atoms with Crippen LogP contribution in [0.25, 0.3) is 0 Å². The van der Waals surface area contributed by atoms with Crippen molar-refractivity contribution < 1.29 is 35.0 Å². The summed E-state index contributed by atoms with van der Waals surface area (Å²) < 4.78 is 11.2. The molecule has 8 nitrogen and oxygen atoms in total. The topological polar surface area (TPSA) is 132 Å². The van der Waals surface area contributed by atoms with Crippen LogP contribution in [0.1, 0.15) is 22.8 Å². The molecule has 5 atom stereocenters. The summed E-state index contributed by atoms with van der Waals surface area (Å²) in [5.74, 6) is 0.888. The molecular weight excluding hydrogens is 378 g/mol. The molecule has 2 aromatic rings. The Morgan fingerprint density at radius 1 is 1.00 bits per heavy atom. The summed E-state index contributed by atoms with van der Waals surface area (Å²) in [4.78, 5) is 0. The van der Waals surface area contributed by atoms with E-state index in [1.54, 1.807) is 12.1 Å². The first-order valence-electron chi connectivity index (χ1n) is 9.60. The van der Waals surface area contributed by atoms with Gasteiger partial charge < -0.3 is 40.3 Å². The van der Waals surface area contributed by atoms with Crippen molar-refractivity contribution in [2.45, 2.75) is 36.9 Å². The zero-order chi connectivity index (χ0) is 20.5. The number of hydrogen-bond acceptors (Lipinski definition) is 8. The van der Waals surface area contributed by atoms with E-state index in [1.807, 2.05) is 18.2 Å². The van der Waals surface area contributed by atoms with Gasteiger partial charge in [-0.2, -0.15) is 0 Å². The lowest BCUT2D eigenvalue weighted by Crippen LogP contribution is -2.55. The van der Waals surface area contributed by atoms with E-state index >= 15 is 0 Å². The second kappa shape index (κ2) is 8.17. The number of phenols is 1. The molecule has 0 amide bonds. The Bertz CT molecular complexity index is 872. The Hall–Kier alpha value is -2.36. The van der Waals surface area contributed by atoms with Crippen LogP contribution in [0.5, 0.6) is 11.5 Å². The van der Waals surface area contributed by atoms with E-state index in [4.69, 9.17) is 9.47 Å². The lowest BCUT2D eigenvalue weighted by Gasteiger charge is -2.40. The smallest absolute Gasteiger partial charge is 0.142 e. The molecule has 0 aromatic heterocycles. The molecule has 0 saturated carbocycles. The highest BCUT2D eigenvalue weighted by Crippen LogP contribution is 2.35. The largest absolute Gasteiger partial charge is 0.508 e. The fourth-order valence-corrected chi connectivity index (χ4v) is 3.82. The summed E-state index contributed by atoms with van der Waals surface area (Å²) in [6.45, 7) is 0.860. The van der Waals surface area contributed by atoms with Crippen molar-refractivity contribution in [1.82, 2.24) is 0 Å². The maximum atomic E-state index is 10.4. The summed E-state index contributed by atoms with van der Waals surface area (Å²) >= 11 is 0. The number of aliphatic hydroxyl groups excluding tert-OH is 4. The van der Waals surface area contributed by atoms with Crippen molar-refractivity contribution in [1.29, 1.82) is 0 Å². The molecule has 1 fully saturated rings. The van der Waals surface area contributed by atoms with E-state index in [2.05, 4.69) is 5.32 Å². The molecule has 8 heteroatoms. The highest BCUT2D eigenvalue weighted by molar-refractivity contribution is 5.60. The molecule has 0 radical (unpaired) electrons. The first kappa shape index (κ1) is 19.9. The summed E-state index contributed by atoms with van der Waals surface area (Å²) in [6.07, 6.45) is -5.71. The fourth-order valence-electron chi connectivity index (χ4n) is 3.82. The quantitative estimate of drug-likeness (QED) is 0.430. The van der Waals surface area contributed by atoms with Crippen LogP contribution in [0.4, 0.5) is 5.69 Å². The third-order valence-electron chi connectivity index (χ3n) is 5.44. The molecule has 2 aromatic carbocycles. The summed E-state index contributed by atoms with van der Waals surface area (Å²) in [6, 6.07) is 10.6. The van der Waals surface area contributed by atoms with Crippen LogP contribution >= 0.6 is 0 Å². The van der Waals surface area contributed by atoms with Gasteiger partial charge >= 0.3 is 0 Å². The van der Waals surface area contributed by atoms with E-state index in [-0.39, 0.29) is 5.75 Å². The van der Waals surface area contributed by atoms with Crippen LogP contribution < -0.4 is 10.1 Å². The van der Waals surface area contributed by atoms with Gasteiger partial charge in [0.25, 0.3) is 0 Å². The van der Waals surface area contributed by atoms with Gasteiger partial charge in [-0.25, -0.2) is 0 Å². The van der Waals surface area contributed by atoms with Crippen molar-refractivity contribution in [2.24, 2.45) is 0 Å². The van der Waals surface area contributed by atoms with Gasteiger partial charge in [0.15, 0.2) is 0 Å². The highest BCUT2D eigenvalue weighted by Gasteiger charge is 2.44. The predicted molar refractivity (Wildman–Crippen MR) is 104 cm³/mol. The van der Waals surface area contributed by atoms with Crippen molar-refractivity contribution in [2.75, 3.05) is 25.1 Å². The number of ether oxygens (including phenoxy) is 2. The van der Waals surface area contributed by atoms with Crippen LogP contribution in [-0.4, -0.2) is 69.7 Å². The molecule has 0 unspecified atom stereocenters. The Morgan fingerprint density at radius 2 is 1.83 bits per heavy atom. The molecular formula is C21H25NO7. The first-order chi connectivity index (χ1) is 14.0.